The Hall–Kier alpha value is -0.280. The quantitative estimate of drug-likeness (QED) is 0.547. The molecule has 0 amide bonds. The van der Waals surface area contributed by atoms with Gasteiger partial charge in [0, 0.05) is 6.92 Å². The summed E-state index contributed by atoms with van der Waals surface area (Å²) in [6.45, 7) is 4.63. The van der Waals surface area contributed by atoms with Crippen LogP contribution in [0.1, 0.15) is 78.1 Å². The van der Waals surface area contributed by atoms with Gasteiger partial charge in [-0.1, -0.05) is 64.7 Å². The highest BCUT2D eigenvalue weighted by Gasteiger charge is 1.93. The maximum Gasteiger partial charge on any atom is 0.300 e. The number of hydrogen-bond acceptors (Lipinski definition) is 2. The lowest BCUT2D eigenvalue weighted by molar-refractivity contribution is -0.134. The van der Waals surface area contributed by atoms with Crippen molar-refractivity contribution in [3.05, 3.63) is 0 Å². The smallest absolute Gasteiger partial charge is 0.300 e. The SMILES string of the molecule is CC(=O)O.CCCCCCCCCCCCN(C)C.Cl. The number of halogens is 1. The van der Waals surface area contributed by atoms with Gasteiger partial charge in [-0.2, -0.15) is 0 Å². The third kappa shape index (κ3) is 36.1. The minimum absolute atomic E-state index is 0. The molecule has 0 atom stereocenters. The molecule has 1 N–H and O–H groups in total. The molecule has 0 bridgehead atoms. The molecule has 4 heteroatoms. The van der Waals surface area contributed by atoms with Crippen molar-refractivity contribution in [3.8, 4) is 0 Å². The van der Waals surface area contributed by atoms with E-state index in [1.807, 2.05) is 0 Å². The molecule has 0 aliphatic rings. The van der Waals surface area contributed by atoms with E-state index in [0.29, 0.717) is 0 Å². The number of rotatable bonds is 11. The van der Waals surface area contributed by atoms with Gasteiger partial charge in [-0.15, -0.1) is 12.4 Å². The maximum atomic E-state index is 9.00. The van der Waals surface area contributed by atoms with Crippen molar-refractivity contribution in [1.29, 1.82) is 0 Å². The van der Waals surface area contributed by atoms with Crippen LogP contribution in [0.3, 0.4) is 0 Å². The lowest BCUT2D eigenvalue weighted by Gasteiger charge is -2.08. The zero-order valence-electron chi connectivity index (χ0n) is 14.0. The summed E-state index contributed by atoms with van der Waals surface area (Å²) in [6, 6.07) is 0. The summed E-state index contributed by atoms with van der Waals surface area (Å²) < 4.78 is 0. The molecular weight excluding hydrogens is 274 g/mol. The van der Waals surface area contributed by atoms with Crippen molar-refractivity contribution in [2.24, 2.45) is 0 Å². The molecule has 0 radical (unpaired) electrons. The second-order valence-electron chi connectivity index (χ2n) is 5.50. The van der Waals surface area contributed by atoms with Crippen LogP contribution >= 0.6 is 12.4 Å². The average molecular weight is 310 g/mol. The molecule has 20 heavy (non-hydrogen) atoms. The third-order valence-electron chi connectivity index (χ3n) is 2.96. The van der Waals surface area contributed by atoms with Crippen molar-refractivity contribution in [2.45, 2.75) is 78.1 Å². The molecule has 0 aliphatic heterocycles. The molecule has 0 aromatic heterocycles. The second-order valence-corrected chi connectivity index (χ2v) is 5.50. The van der Waals surface area contributed by atoms with Crippen LogP contribution in [0.25, 0.3) is 0 Å². The predicted octanol–water partition coefficient (Wildman–Crippen LogP) is 4.98. The molecule has 124 valence electrons. The Morgan fingerprint density at radius 2 is 1.15 bits per heavy atom. The minimum atomic E-state index is -0.833. The molecule has 0 unspecified atom stereocenters. The van der Waals surface area contributed by atoms with Gasteiger partial charge in [0.05, 0.1) is 0 Å². The predicted molar refractivity (Wildman–Crippen MR) is 91.0 cm³/mol. The fraction of sp³-hybridized carbons (Fsp3) is 0.938. The molecule has 0 spiro atoms. The van der Waals surface area contributed by atoms with Gasteiger partial charge in [0.15, 0.2) is 0 Å². The summed E-state index contributed by atoms with van der Waals surface area (Å²) in [4.78, 5) is 11.3. The number of carbonyl (C=O) groups is 1. The number of carboxylic acids is 1. The topological polar surface area (TPSA) is 40.5 Å². The van der Waals surface area contributed by atoms with Crippen molar-refractivity contribution in [1.82, 2.24) is 4.90 Å². The van der Waals surface area contributed by atoms with E-state index in [9.17, 15) is 0 Å². The normalized spacial score (nSPS) is 9.65. The Bertz CT molecular complexity index is 183. The summed E-state index contributed by atoms with van der Waals surface area (Å²) in [5.74, 6) is -0.833. The summed E-state index contributed by atoms with van der Waals surface area (Å²) in [5, 5.41) is 7.42. The summed E-state index contributed by atoms with van der Waals surface area (Å²) in [7, 11) is 4.32. The van der Waals surface area contributed by atoms with Gasteiger partial charge in [0.1, 0.15) is 0 Å². The third-order valence-corrected chi connectivity index (χ3v) is 2.96. The molecular formula is C16H36ClNO2. The Morgan fingerprint density at radius 3 is 1.45 bits per heavy atom. The van der Waals surface area contributed by atoms with E-state index >= 15 is 0 Å². The van der Waals surface area contributed by atoms with E-state index < -0.39 is 5.97 Å². The Labute approximate surface area is 132 Å². The first-order chi connectivity index (χ1) is 9.00. The number of unbranched alkanes of at least 4 members (excludes halogenated alkanes) is 9. The Morgan fingerprint density at radius 1 is 0.850 bits per heavy atom. The molecule has 3 nitrogen and oxygen atoms in total. The number of nitrogens with zero attached hydrogens (tertiary/aromatic N) is 1. The van der Waals surface area contributed by atoms with Crippen LogP contribution in [0.15, 0.2) is 0 Å². The highest BCUT2D eigenvalue weighted by Crippen LogP contribution is 2.10. The zero-order valence-corrected chi connectivity index (χ0v) is 14.8. The van der Waals surface area contributed by atoms with Crippen molar-refractivity contribution in [3.63, 3.8) is 0 Å². The van der Waals surface area contributed by atoms with Crippen LogP contribution in [0.5, 0.6) is 0 Å². The van der Waals surface area contributed by atoms with E-state index in [0.717, 1.165) is 6.92 Å². The summed E-state index contributed by atoms with van der Waals surface area (Å²) in [6.07, 6.45) is 14.4. The lowest BCUT2D eigenvalue weighted by atomic mass is 10.1. The molecule has 0 saturated carbocycles. The molecule has 0 aliphatic carbocycles. The van der Waals surface area contributed by atoms with Crippen LogP contribution in [0.2, 0.25) is 0 Å². The van der Waals surface area contributed by atoms with Crippen LogP contribution < -0.4 is 0 Å². The lowest BCUT2D eigenvalue weighted by Crippen LogP contribution is -2.12. The first-order valence-electron chi connectivity index (χ1n) is 7.85. The fourth-order valence-corrected chi connectivity index (χ4v) is 1.92. The molecule has 0 fully saturated rings. The van der Waals surface area contributed by atoms with Crippen LogP contribution in [-0.2, 0) is 4.79 Å². The van der Waals surface area contributed by atoms with Gasteiger partial charge in [0.25, 0.3) is 5.97 Å². The molecule has 0 aromatic rings. The Kier molecular flexibility index (Phi) is 26.0. The van der Waals surface area contributed by atoms with Crippen molar-refractivity contribution < 1.29 is 9.90 Å². The standard InChI is InChI=1S/C14H31N.C2H4O2.ClH/c1-4-5-6-7-8-9-10-11-12-13-14-15(2)3;1-2(3)4;/h4-14H2,1-3H3;1H3,(H,3,4);1H. The second kappa shape index (κ2) is 21.0. The fourth-order valence-electron chi connectivity index (χ4n) is 1.92. The van der Waals surface area contributed by atoms with E-state index in [1.54, 1.807) is 0 Å². The highest BCUT2D eigenvalue weighted by atomic mass is 35.5. The number of aliphatic carboxylic acids is 1. The van der Waals surface area contributed by atoms with Gasteiger partial charge < -0.3 is 10.0 Å². The molecule has 0 saturated heterocycles. The first-order valence-corrected chi connectivity index (χ1v) is 7.85. The average Bonchev–Trinajstić information content (AvgIpc) is 2.30. The number of carboxylic acid groups (broad SMARTS) is 1. The van der Waals surface area contributed by atoms with E-state index in [4.69, 9.17) is 9.90 Å². The molecule has 0 rings (SSSR count). The van der Waals surface area contributed by atoms with Gasteiger partial charge in [-0.3, -0.25) is 4.79 Å². The van der Waals surface area contributed by atoms with E-state index in [2.05, 4.69) is 25.9 Å². The van der Waals surface area contributed by atoms with E-state index in [1.165, 1.54) is 70.8 Å². The summed E-state index contributed by atoms with van der Waals surface area (Å²) in [5.41, 5.74) is 0. The van der Waals surface area contributed by atoms with Crippen LogP contribution in [0, 0.1) is 0 Å². The Balaban J connectivity index is -0.000000508. The van der Waals surface area contributed by atoms with Crippen molar-refractivity contribution >= 4 is 18.4 Å². The monoisotopic (exact) mass is 309 g/mol. The molecule has 0 heterocycles. The molecule has 0 aromatic carbocycles. The first kappa shape index (κ1) is 24.7. The van der Waals surface area contributed by atoms with Crippen LogP contribution in [0.4, 0.5) is 0 Å². The van der Waals surface area contributed by atoms with Gasteiger partial charge in [-0.25, -0.2) is 0 Å². The largest absolute Gasteiger partial charge is 0.481 e. The van der Waals surface area contributed by atoms with Crippen molar-refractivity contribution in [2.75, 3.05) is 20.6 Å². The van der Waals surface area contributed by atoms with Gasteiger partial charge >= 0.3 is 0 Å². The summed E-state index contributed by atoms with van der Waals surface area (Å²) >= 11 is 0. The van der Waals surface area contributed by atoms with Gasteiger partial charge in [-0.05, 0) is 27.1 Å². The van der Waals surface area contributed by atoms with Crippen LogP contribution in [-0.4, -0.2) is 36.6 Å². The van der Waals surface area contributed by atoms with Gasteiger partial charge in [0.2, 0.25) is 0 Å². The zero-order chi connectivity index (χ0) is 14.9. The number of hydrogen-bond donors (Lipinski definition) is 1. The van der Waals surface area contributed by atoms with E-state index in [-0.39, 0.29) is 12.4 Å². The minimum Gasteiger partial charge on any atom is -0.481 e. The highest BCUT2D eigenvalue weighted by molar-refractivity contribution is 5.85. The maximum absolute atomic E-state index is 9.00.